The van der Waals surface area contributed by atoms with Crippen molar-refractivity contribution in [2.45, 2.75) is 26.8 Å². The molecule has 2 aromatic rings. The number of thiazole rings is 1. The molecular formula is C13H15N3OS. The fraction of sp³-hybridized carbons (Fsp3) is 0.308. The number of nitrogens with zero attached hydrogens (tertiary/aromatic N) is 2. The van der Waals surface area contributed by atoms with Crippen LogP contribution in [-0.2, 0) is 0 Å². The number of aromatic nitrogens is 2. The van der Waals surface area contributed by atoms with Gasteiger partial charge in [-0.25, -0.2) is 4.98 Å². The molecule has 2 aromatic heterocycles. The van der Waals surface area contributed by atoms with Gasteiger partial charge < -0.3 is 5.32 Å². The van der Waals surface area contributed by atoms with E-state index in [1.54, 1.807) is 35.9 Å². The van der Waals surface area contributed by atoms with Gasteiger partial charge in [0.15, 0.2) is 0 Å². The molecule has 0 fully saturated rings. The van der Waals surface area contributed by atoms with Crippen molar-refractivity contribution in [1.29, 1.82) is 0 Å². The number of amides is 1. The van der Waals surface area contributed by atoms with Gasteiger partial charge in [0, 0.05) is 22.8 Å². The highest BCUT2D eigenvalue weighted by Crippen LogP contribution is 2.24. The van der Waals surface area contributed by atoms with Gasteiger partial charge in [0.05, 0.1) is 16.7 Å². The Kier molecular flexibility index (Phi) is 3.72. The Labute approximate surface area is 110 Å². The van der Waals surface area contributed by atoms with E-state index in [-0.39, 0.29) is 11.9 Å². The number of carbonyl (C=O) groups excluding carboxylic acids is 1. The molecule has 94 valence electrons. The summed E-state index contributed by atoms with van der Waals surface area (Å²) in [5.41, 5.74) is 1.61. The maximum absolute atomic E-state index is 12.0. The van der Waals surface area contributed by atoms with Gasteiger partial charge in [-0.3, -0.25) is 9.78 Å². The monoisotopic (exact) mass is 261 g/mol. The molecule has 0 unspecified atom stereocenters. The van der Waals surface area contributed by atoms with Crippen LogP contribution in [-0.4, -0.2) is 15.9 Å². The zero-order valence-electron chi connectivity index (χ0n) is 10.6. The lowest BCUT2D eigenvalue weighted by atomic mass is 10.2. The van der Waals surface area contributed by atoms with Gasteiger partial charge in [0.1, 0.15) is 0 Å². The first-order valence-corrected chi connectivity index (χ1v) is 6.54. The Morgan fingerprint density at radius 3 is 2.56 bits per heavy atom. The molecule has 2 heterocycles. The minimum absolute atomic E-state index is 0.0307. The molecule has 1 N–H and O–H groups in total. The summed E-state index contributed by atoms with van der Waals surface area (Å²) in [4.78, 5) is 21.4. The Hall–Kier alpha value is -1.75. The first kappa shape index (κ1) is 12.7. The van der Waals surface area contributed by atoms with Crippen LogP contribution in [0.25, 0.3) is 0 Å². The number of aryl methyl sites for hydroxylation is 2. The number of hydrogen-bond acceptors (Lipinski definition) is 4. The highest BCUT2D eigenvalue weighted by Gasteiger charge is 2.15. The quantitative estimate of drug-likeness (QED) is 0.924. The van der Waals surface area contributed by atoms with E-state index in [1.165, 1.54) is 0 Å². The van der Waals surface area contributed by atoms with Crippen molar-refractivity contribution in [3.8, 4) is 0 Å². The smallest absolute Gasteiger partial charge is 0.251 e. The summed E-state index contributed by atoms with van der Waals surface area (Å²) >= 11 is 1.62. The fourth-order valence-corrected chi connectivity index (χ4v) is 2.73. The van der Waals surface area contributed by atoms with E-state index in [2.05, 4.69) is 15.3 Å². The molecule has 0 saturated heterocycles. The third-order valence-corrected chi connectivity index (χ3v) is 3.88. The lowest BCUT2D eigenvalue weighted by Gasteiger charge is -2.12. The van der Waals surface area contributed by atoms with Crippen molar-refractivity contribution in [1.82, 2.24) is 15.3 Å². The van der Waals surface area contributed by atoms with Gasteiger partial charge >= 0.3 is 0 Å². The molecule has 0 aliphatic carbocycles. The normalized spacial score (nSPS) is 12.2. The van der Waals surface area contributed by atoms with Gasteiger partial charge in [0.2, 0.25) is 0 Å². The molecule has 0 radical (unpaired) electrons. The molecule has 0 bridgehead atoms. The second kappa shape index (κ2) is 5.27. The van der Waals surface area contributed by atoms with Crippen LogP contribution >= 0.6 is 11.3 Å². The molecule has 18 heavy (non-hydrogen) atoms. The predicted molar refractivity (Wildman–Crippen MR) is 71.7 cm³/mol. The van der Waals surface area contributed by atoms with Gasteiger partial charge in [0.25, 0.3) is 5.91 Å². The molecule has 0 aliphatic rings. The van der Waals surface area contributed by atoms with Crippen molar-refractivity contribution in [2.24, 2.45) is 0 Å². The van der Waals surface area contributed by atoms with Crippen molar-refractivity contribution < 1.29 is 4.79 Å². The van der Waals surface area contributed by atoms with E-state index in [4.69, 9.17) is 0 Å². The van der Waals surface area contributed by atoms with E-state index in [0.29, 0.717) is 5.56 Å². The van der Waals surface area contributed by atoms with E-state index in [0.717, 1.165) is 15.6 Å². The first-order chi connectivity index (χ1) is 8.58. The lowest BCUT2D eigenvalue weighted by molar-refractivity contribution is 0.0940. The number of pyridine rings is 1. The van der Waals surface area contributed by atoms with Crippen LogP contribution in [0.1, 0.15) is 38.9 Å². The Bertz CT molecular complexity index is 551. The molecule has 0 saturated carbocycles. The molecule has 2 rings (SSSR count). The summed E-state index contributed by atoms with van der Waals surface area (Å²) in [5, 5.41) is 3.99. The minimum atomic E-state index is -0.0876. The highest BCUT2D eigenvalue weighted by molar-refractivity contribution is 7.11. The largest absolute Gasteiger partial charge is 0.345 e. The third kappa shape index (κ3) is 2.73. The summed E-state index contributed by atoms with van der Waals surface area (Å²) in [6.07, 6.45) is 3.23. The average Bonchev–Trinajstić information content (AvgIpc) is 2.69. The first-order valence-electron chi connectivity index (χ1n) is 5.72. The Morgan fingerprint density at radius 1 is 1.33 bits per heavy atom. The molecular weight excluding hydrogens is 246 g/mol. The van der Waals surface area contributed by atoms with Gasteiger partial charge in [-0.1, -0.05) is 0 Å². The Morgan fingerprint density at radius 2 is 2.00 bits per heavy atom. The fourth-order valence-electron chi connectivity index (χ4n) is 1.80. The summed E-state index contributed by atoms with van der Waals surface area (Å²) < 4.78 is 0. The molecule has 4 nitrogen and oxygen atoms in total. The van der Waals surface area contributed by atoms with Crippen molar-refractivity contribution >= 4 is 17.2 Å². The summed E-state index contributed by atoms with van der Waals surface area (Å²) in [5.74, 6) is -0.0876. The van der Waals surface area contributed by atoms with Gasteiger partial charge in [-0.15, -0.1) is 11.3 Å². The van der Waals surface area contributed by atoms with Crippen LogP contribution in [0.15, 0.2) is 24.5 Å². The Balaban J connectivity index is 2.10. The van der Waals surface area contributed by atoms with Gasteiger partial charge in [-0.05, 0) is 32.9 Å². The second-order valence-corrected chi connectivity index (χ2v) is 5.35. The van der Waals surface area contributed by atoms with Crippen molar-refractivity contribution in [3.63, 3.8) is 0 Å². The molecule has 0 aliphatic heterocycles. The zero-order chi connectivity index (χ0) is 13.1. The van der Waals surface area contributed by atoms with Gasteiger partial charge in [-0.2, -0.15) is 0 Å². The average molecular weight is 261 g/mol. The van der Waals surface area contributed by atoms with Crippen LogP contribution < -0.4 is 5.32 Å². The van der Waals surface area contributed by atoms with E-state index in [1.807, 2.05) is 20.8 Å². The SMILES string of the molecule is Cc1nc(C)c([C@H](C)NC(=O)c2ccncc2)s1. The summed E-state index contributed by atoms with van der Waals surface area (Å²) in [7, 11) is 0. The van der Waals surface area contributed by atoms with E-state index >= 15 is 0 Å². The minimum Gasteiger partial charge on any atom is -0.345 e. The number of hydrogen-bond donors (Lipinski definition) is 1. The number of carbonyl (C=O) groups is 1. The third-order valence-electron chi connectivity index (χ3n) is 2.62. The van der Waals surface area contributed by atoms with E-state index in [9.17, 15) is 4.79 Å². The maximum Gasteiger partial charge on any atom is 0.251 e. The van der Waals surface area contributed by atoms with Crippen LogP contribution in [0.4, 0.5) is 0 Å². The molecule has 1 amide bonds. The predicted octanol–water partition coefficient (Wildman–Crippen LogP) is 2.65. The topological polar surface area (TPSA) is 54.9 Å². The second-order valence-electron chi connectivity index (χ2n) is 4.11. The van der Waals surface area contributed by atoms with Crippen LogP contribution in [0, 0.1) is 13.8 Å². The standard InChI is InChI=1S/C13H15N3OS/c1-8-12(18-10(3)15-8)9(2)16-13(17)11-4-6-14-7-5-11/h4-7,9H,1-3H3,(H,16,17)/t9-/m0/s1. The van der Waals surface area contributed by atoms with Crippen molar-refractivity contribution in [3.05, 3.63) is 45.7 Å². The molecule has 0 spiro atoms. The van der Waals surface area contributed by atoms with Crippen LogP contribution in [0.2, 0.25) is 0 Å². The van der Waals surface area contributed by atoms with Crippen molar-refractivity contribution in [2.75, 3.05) is 0 Å². The molecule has 1 atom stereocenters. The van der Waals surface area contributed by atoms with E-state index < -0.39 is 0 Å². The molecule has 5 heteroatoms. The maximum atomic E-state index is 12.0. The number of nitrogens with one attached hydrogen (secondary N) is 1. The zero-order valence-corrected chi connectivity index (χ0v) is 11.4. The number of rotatable bonds is 3. The molecule has 0 aromatic carbocycles. The summed E-state index contributed by atoms with van der Waals surface area (Å²) in [6, 6.07) is 3.37. The highest BCUT2D eigenvalue weighted by atomic mass is 32.1. The van der Waals surface area contributed by atoms with Crippen LogP contribution in [0.3, 0.4) is 0 Å². The summed E-state index contributed by atoms with van der Waals surface area (Å²) in [6.45, 7) is 5.91. The van der Waals surface area contributed by atoms with Crippen LogP contribution in [0.5, 0.6) is 0 Å². The lowest BCUT2D eigenvalue weighted by Crippen LogP contribution is -2.26.